The maximum atomic E-state index is 13.1. The SMILES string of the molecule is Fc1cccc2c(Cl)nc(Cl)nc12.NC(=O)c1cccc(F)c1N. The lowest BCUT2D eigenvalue weighted by Crippen LogP contribution is -2.14. The molecule has 0 unspecified atom stereocenters. The molecule has 0 aliphatic carbocycles. The zero-order valence-electron chi connectivity index (χ0n) is 11.9. The lowest BCUT2D eigenvalue weighted by atomic mass is 10.1. The summed E-state index contributed by atoms with van der Waals surface area (Å²) < 4.78 is 25.7. The van der Waals surface area contributed by atoms with Crippen LogP contribution in [0.1, 0.15) is 10.4 Å². The Morgan fingerprint density at radius 2 is 1.62 bits per heavy atom. The topological polar surface area (TPSA) is 94.9 Å². The van der Waals surface area contributed by atoms with Gasteiger partial charge in [-0.3, -0.25) is 4.79 Å². The number of nitrogens with two attached hydrogens (primary N) is 2. The maximum absolute atomic E-state index is 13.1. The van der Waals surface area contributed by atoms with Gasteiger partial charge in [0, 0.05) is 5.39 Å². The first-order valence-corrected chi connectivity index (χ1v) is 7.18. The minimum absolute atomic E-state index is 0.0185. The molecule has 9 heteroatoms. The Hall–Kier alpha value is -2.51. The molecule has 3 rings (SSSR count). The Morgan fingerprint density at radius 1 is 1.00 bits per heavy atom. The highest BCUT2D eigenvalue weighted by molar-refractivity contribution is 6.35. The number of aromatic nitrogens is 2. The van der Waals surface area contributed by atoms with Crippen LogP contribution in [0.3, 0.4) is 0 Å². The minimum Gasteiger partial charge on any atom is -0.396 e. The number of anilines is 1. The molecule has 24 heavy (non-hydrogen) atoms. The molecule has 1 aromatic heterocycles. The fourth-order valence-electron chi connectivity index (χ4n) is 1.81. The lowest BCUT2D eigenvalue weighted by Gasteiger charge is -2.00. The summed E-state index contributed by atoms with van der Waals surface area (Å²) in [4.78, 5) is 18.0. The molecule has 0 aliphatic rings. The number of rotatable bonds is 1. The van der Waals surface area contributed by atoms with E-state index in [1.54, 1.807) is 12.1 Å². The Kier molecular flexibility index (Phi) is 5.48. The fraction of sp³-hybridized carbons (Fsp3) is 0. The van der Waals surface area contributed by atoms with Gasteiger partial charge in [-0.1, -0.05) is 23.7 Å². The highest BCUT2D eigenvalue weighted by atomic mass is 35.5. The first-order valence-electron chi connectivity index (χ1n) is 6.42. The van der Waals surface area contributed by atoms with Crippen LogP contribution in [0.25, 0.3) is 10.9 Å². The second-order valence-electron chi connectivity index (χ2n) is 4.48. The molecule has 4 N–H and O–H groups in total. The number of carbonyl (C=O) groups is 1. The van der Waals surface area contributed by atoms with Gasteiger partial charge in [0.15, 0.2) is 0 Å². The van der Waals surface area contributed by atoms with Crippen molar-refractivity contribution in [3.8, 4) is 0 Å². The zero-order chi connectivity index (χ0) is 17.9. The normalized spacial score (nSPS) is 10.2. The molecule has 1 heterocycles. The third kappa shape index (κ3) is 3.87. The molecule has 1 amide bonds. The summed E-state index contributed by atoms with van der Waals surface area (Å²) in [5.41, 5.74) is 10.1. The van der Waals surface area contributed by atoms with E-state index in [4.69, 9.17) is 34.7 Å². The van der Waals surface area contributed by atoms with E-state index in [0.717, 1.165) is 0 Å². The molecule has 124 valence electrons. The summed E-state index contributed by atoms with van der Waals surface area (Å²) in [5.74, 6) is -1.80. The highest BCUT2D eigenvalue weighted by Gasteiger charge is 2.08. The summed E-state index contributed by atoms with van der Waals surface area (Å²) in [6.07, 6.45) is 0. The number of halogens is 4. The molecular weight excluding hydrogens is 361 g/mol. The molecule has 0 fully saturated rings. The van der Waals surface area contributed by atoms with Gasteiger partial charge in [-0.05, 0) is 35.9 Å². The molecule has 0 saturated carbocycles. The summed E-state index contributed by atoms with van der Waals surface area (Å²) in [6.45, 7) is 0. The van der Waals surface area contributed by atoms with Crippen LogP contribution in [-0.2, 0) is 0 Å². The van der Waals surface area contributed by atoms with Crippen LogP contribution in [0, 0.1) is 11.6 Å². The number of nitrogens with zero attached hydrogens (tertiary/aromatic N) is 2. The molecular formula is C15H10Cl2F2N4O. The van der Waals surface area contributed by atoms with Crippen molar-refractivity contribution in [2.45, 2.75) is 0 Å². The summed E-state index contributed by atoms with van der Waals surface area (Å²) >= 11 is 11.3. The van der Waals surface area contributed by atoms with E-state index in [2.05, 4.69) is 9.97 Å². The second kappa shape index (κ2) is 7.37. The zero-order valence-corrected chi connectivity index (χ0v) is 13.4. The Balaban J connectivity index is 0.000000177. The number of amides is 1. The van der Waals surface area contributed by atoms with Gasteiger partial charge in [0.1, 0.15) is 22.3 Å². The first kappa shape index (κ1) is 17.8. The largest absolute Gasteiger partial charge is 0.396 e. The average Bonchev–Trinajstić information content (AvgIpc) is 2.51. The van der Waals surface area contributed by atoms with E-state index in [1.165, 1.54) is 24.3 Å². The molecule has 2 aromatic carbocycles. The van der Waals surface area contributed by atoms with Gasteiger partial charge in [-0.15, -0.1) is 0 Å². The van der Waals surface area contributed by atoms with Crippen molar-refractivity contribution in [1.29, 1.82) is 0 Å². The third-order valence-corrected chi connectivity index (χ3v) is 3.38. The van der Waals surface area contributed by atoms with Crippen molar-refractivity contribution >= 4 is 45.7 Å². The smallest absolute Gasteiger partial charge is 0.250 e. The number of nitrogen functional groups attached to an aromatic ring is 1. The number of hydrogen-bond acceptors (Lipinski definition) is 4. The van der Waals surface area contributed by atoms with Crippen LogP contribution in [0.5, 0.6) is 0 Å². The van der Waals surface area contributed by atoms with Gasteiger partial charge in [-0.2, -0.15) is 0 Å². The van der Waals surface area contributed by atoms with Crippen LogP contribution in [0.2, 0.25) is 10.4 Å². The molecule has 0 spiro atoms. The van der Waals surface area contributed by atoms with Crippen LogP contribution < -0.4 is 11.5 Å². The Morgan fingerprint density at radius 3 is 2.25 bits per heavy atom. The maximum Gasteiger partial charge on any atom is 0.250 e. The summed E-state index contributed by atoms with van der Waals surface area (Å²) in [5, 5.41) is 0.572. The number of benzene rings is 2. The monoisotopic (exact) mass is 370 g/mol. The molecule has 0 atom stereocenters. The van der Waals surface area contributed by atoms with Crippen LogP contribution >= 0.6 is 23.2 Å². The molecule has 0 aliphatic heterocycles. The number of hydrogen-bond donors (Lipinski definition) is 2. The number of fused-ring (bicyclic) bond motifs is 1. The van der Waals surface area contributed by atoms with Crippen LogP contribution in [0.4, 0.5) is 14.5 Å². The minimum atomic E-state index is -0.720. The quantitative estimate of drug-likeness (QED) is 0.388. The van der Waals surface area contributed by atoms with Crippen molar-refractivity contribution < 1.29 is 13.6 Å². The fourth-order valence-corrected chi connectivity index (χ4v) is 2.25. The van der Waals surface area contributed by atoms with Crippen molar-refractivity contribution in [3.63, 3.8) is 0 Å². The van der Waals surface area contributed by atoms with Crippen LogP contribution in [-0.4, -0.2) is 15.9 Å². The van der Waals surface area contributed by atoms with Gasteiger partial charge >= 0.3 is 0 Å². The van der Waals surface area contributed by atoms with Crippen molar-refractivity contribution in [2.75, 3.05) is 5.73 Å². The average molecular weight is 371 g/mol. The second-order valence-corrected chi connectivity index (χ2v) is 5.18. The first-order chi connectivity index (χ1) is 11.3. The number of primary amides is 1. The standard InChI is InChI=1S/C8H3Cl2FN2.C7H7FN2O/c9-7-4-2-1-3-5(11)6(4)12-8(10)13-7;8-5-3-1-2-4(6(5)9)7(10)11/h1-3H;1-3H,9H2,(H2,10,11). The lowest BCUT2D eigenvalue weighted by molar-refractivity contribution is 0.100. The number of carbonyl (C=O) groups excluding carboxylic acids is 1. The van der Waals surface area contributed by atoms with Crippen molar-refractivity contribution in [1.82, 2.24) is 9.97 Å². The van der Waals surface area contributed by atoms with E-state index in [0.29, 0.717) is 5.39 Å². The van der Waals surface area contributed by atoms with E-state index in [1.807, 2.05) is 0 Å². The molecule has 5 nitrogen and oxygen atoms in total. The number of para-hydroxylation sites is 2. The predicted molar refractivity (Wildman–Crippen MR) is 88.8 cm³/mol. The molecule has 0 saturated heterocycles. The summed E-state index contributed by atoms with van der Waals surface area (Å²) in [7, 11) is 0. The Labute approximate surface area is 145 Å². The van der Waals surface area contributed by atoms with Crippen molar-refractivity contribution in [3.05, 3.63) is 64.0 Å². The van der Waals surface area contributed by atoms with E-state index >= 15 is 0 Å². The van der Waals surface area contributed by atoms with E-state index in [9.17, 15) is 13.6 Å². The van der Waals surface area contributed by atoms with Crippen molar-refractivity contribution in [2.24, 2.45) is 5.73 Å². The van der Waals surface area contributed by atoms with Gasteiger partial charge in [0.05, 0.1) is 11.3 Å². The molecule has 0 bridgehead atoms. The van der Waals surface area contributed by atoms with Gasteiger partial charge in [0.25, 0.3) is 5.91 Å². The van der Waals surface area contributed by atoms with E-state index in [-0.39, 0.29) is 27.2 Å². The van der Waals surface area contributed by atoms with Gasteiger partial charge < -0.3 is 11.5 Å². The van der Waals surface area contributed by atoms with Gasteiger partial charge in [-0.25, -0.2) is 18.7 Å². The Bertz CT molecular complexity index is 921. The predicted octanol–water partition coefficient (Wildman–Crippen LogP) is 3.58. The highest BCUT2D eigenvalue weighted by Crippen LogP contribution is 2.23. The molecule has 3 aromatic rings. The van der Waals surface area contributed by atoms with E-state index < -0.39 is 17.5 Å². The van der Waals surface area contributed by atoms with Crippen LogP contribution in [0.15, 0.2) is 36.4 Å². The summed E-state index contributed by atoms with van der Waals surface area (Å²) in [6, 6.07) is 8.40. The molecule has 0 radical (unpaired) electrons. The third-order valence-electron chi connectivity index (χ3n) is 2.92. The van der Waals surface area contributed by atoms with Gasteiger partial charge in [0.2, 0.25) is 5.28 Å².